The highest BCUT2D eigenvalue weighted by atomic mass is 19.4. The van der Waals surface area contributed by atoms with Crippen LogP contribution in [0.15, 0.2) is 36.4 Å². The first kappa shape index (κ1) is 18.9. The number of methoxy groups -OCH3 is 1. The van der Waals surface area contributed by atoms with E-state index in [1.165, 1.54) is 18.9 Å². The van der Waals surface area contributed by atoms with Crippen LogP contribution < -0.4 is 0 Å². The molecule has 3 rings (SSSR count). The molecule has 2 heterocycles. The molecule has 1 aromatic carbocycles. The Morgan fingerprint density at radius 1 is 1.19 bits per heavy atom. The number of fused-ring (bicyclic) bond motifs is 1. The second-order valence-electron chi connectivity index (χ2n) is 6.20. The van der Waals surface area contributed by atoms with E-state index in [1.807, 2.05) is 12.1 Å². The SMILES string of the molecule is COC(=O)[C@@H]1c2ccccc2CCN1C(=O)c1ccc(C(F)(F)F)nc1C. The molecule has 1 aliphatic heterocycles. The van der Waals surface area contributed by atoms with Gasteiger partial charge in [-0.15, -0.1) is 0 Å². The Morgan fingerprint density at radius 3 is 2.52 bits per heavy atom. The molecule has 0 saturated carbocycles. The van der Waals surface area contributed by atoms with E-state index < -0.39 is 29.8 Å². The third-order valence-corrected chi connectivity index (χ3v) is 4.58. The number of nitrogens with zero attached hydrogens (tertiary/aromatic N) is 2. The van der Waals surface area contributed by atoms with Gasteiger partial charge in [0.25, 0.3) is 5.91 Å². The van der Waals surface area contributed by atoms with Crippen LogP contribution in [0.1, 0.15) is 38.9 Å². The molecule has 0 bridgehead atoms. The van der Waals surface area contributed by atoms with Gasteiger partial charge in [0.2, 0.25) is 0 Å². The van der Waals surface area contributed by atoms with Gasteiger partial charge >= 0.3 is 12.1 Å². The number of rotatable bonds is 2. The molecule has 1 aliphatic rings. The quantitative estimate of drug-likeness (QED) is 0.753. The highest BCUT2D eigenvalue weighted by Crippen LogP contribution is 2.33. The Morgan fingerprint density at radius 2 is 1.89 bits per heavy atom. The highest BCUT2D eigenvalue weighted by molar-refractivity contribution is 5.98. The van der Waals surface area contributed by atoms with E-state index in [2.05, 4.69) is 4.98 Å². The first-order chi connectivity index (χ1) is 12.7. The molecule has 2 aromatic rings. The van der Waals surface area contributed by atoms with E-state index >= 15 is 0 Å². The van der Waals surface area contributed by atoms with Gasteiger partial charge in [-0.2, -0.15) is 13.2 Å². The van der Waals surface area contributed by atoms with Crippen LogP contribution in [-0.2, 0) is 22.1 Å². The molecule has 0 spiro atoms. The maximum atomic E-state index is 13.0. The lowest BCUT2D eigenvalue weighted by Gasteiger charge is -2.35. The van der Waals surface area contributed by atoms with Crippen molar-refractivity contribution < 1.29 is 27.5 Å². The Kier molecular flexibility index (Phi) is 4.91. The van der Waals surface area contributed by atoms with Gasteiger partial charge in [-0.3, -0.25) is 4.79 Å². The lowest BCUT2D eigenvalue weighted by atomic mass is 9.92. The first-order valence-corrected chi connectivity index (χ1v) is 8.25. The molecule has 0 saturated heterocycles. The molecule has 0 unspecified atom stereocenters. The van der Waals surface area contributed by atoms with Crippen molar-refractivity contribution in [3.8, 4) is 0 Å². The number of benzene rings is 1. The van der Waals surface area contributed by atoms with Crippen molar-refractivity contribution in [2.75, 3.05) is 13.7 Å². The number of hydrogen-bond donors (Lipinski definition) is 0. The summed E-state index contributed by atoms with van der Waals surface area (Å²) in [4.78, 5) is 30.2. The average Bonchev–Trinajstić information content (AvgIpc) is 2.65. The molecule has 0 radical (unpaired) electrons. The van der Waals surface area contributed by atoms with Crippen molar-refractivity contribution in [1.82, 2.24) is 9.88 Å². The van der Waals surface area contributed by atoms with E-state index in [-0.39, 0.29) is 17.8 Å². The van der Waals surface area contributed by atoms with Crippen LogP contribution in [0.3, 0.4) is 0 Å². The number of pyridine rings is 1. The van der Waals surface area contributed by atoms with Crippen molar-refractivity contribution in [2.24, 2.45) is 0 Å². The number of ether oxygens (including phenoxy) is 1. The summed E-state index contributed by atoms with van der Waals surface area (Å²) >= 11 is 0. The molecule has 1 amide bonds. The number of esters is 1. The molecule has 8 heteroatoms. The smallest absolute Gasteiger partial charge is 0.433 e. The normalized spacial score (nSPS) is 16.6. The van der Waals surface area contributed by atoms with Crippen LogP contribution in [0, 0.1) is 6.92 Å². The third-order valence-electron chi connectivity index (χ3n) is 4.58. The number of carbonyl (C=O) groups is 2. The molecule has 0 N–H and O–H groups in total. The second kappa shape index (κ2) is 7.02. The summed E-state index contributed by atoms with van der Waals surface area (Å²) in [6.45, 7) is 1.59. The molecule has 0 fully saturated rings. The Bertz CT molecular complexity index is 896. The first-order valence-electron chi connectivity index (χ1n) is 8.25. The van der Waals surface area contributed by atoms with Crippen molar-refractivity contribution in [1.29, 1.82) is 0 Å². The molecule has 1 aromatic heterocycles. The fourth-order valence-electron chi connectivity index (χ4n) is 3.25. The minimum Gasteiger partial charge on any atom is -0.467 e. The van der Waals surface area contributed by atoms with Gasteiger partial charge < -0.3 is 9.64 Å². The molecule has 1 atom stereocenters. The van der Waals surface area contributed by atoms with Gasteiger partial charge in [0.1, 0.15) is 5.69 Å². The van der Waals surface area contributed by atoms with Gasteiger partial charge in [-0.05, 0) is 36.6 Å². The summed E-state index contributed by atoms with van der Waals surface area (Å²) in [5.74, 6) is -1.16. The predicted octanol–water partition coefficient (Wildman–Crippen LogP) is 3.32. The number of alkyl halides is 3. The number of amides is 1. The largest absolute Gasteiger partial charge is 0.467 e. The van der Waals surface area contributed by atoms with Gasteiger partial charge in [0, 0.05) is 6.54 Å². The highest BCUT2D eigenvalue weighted by Gasteiger charge is 2.38. The summed E-state index contributed by atoms with van der Waals surface area (Å²) in [6.07, 6.45) is -4.06. The van der Waals surface area contributed by atoms with E-state index in [1.54, 1.807) is 12.1 Å². The van der Waals surface area contributed by atoms with E-state index in [4.69, 9.17) is 4.74 Å². The molecule has 27 heavy (non-hydrogen) atoms. The van der Waals surface area contributed by atoms with Crippen molar-refractivity contribution in [3.05, 3.63) is 64.5 Å². The molecular weight excluding hydrogens is 361 g/mol. The average molecular weight is 378 g/mol. The van der Waals surface area contributed by atoms with E-state index in [9.17, 15) is 22.8 Å². The van der Waals surface area contributed by atoms with Crippen LogP contribution >= 0.6 is 0 Å². The number of carbonyl (C=O) groups excluding carboxylic acids is 2. The Hall–Kier alpha value is -2.90. The third kappa shape index (κ3) is 3.51. The van der Waals surface area contributed by atoms with Gasteiger partial charge in [0.15, 0.2) is 6.04 Å². The molecule has 5 nitrogen and oxygen atoms in total. The molecule has 0 aliphatic carbocycles. The van der Waals surface area contributed by atoms with Gasteiger partial charge in [-0.25, -0.2) is 9.78 Å². The van der Waals surface area contributed by atoms with Gasteiger partial charge in [-0.1, -0.05) is 24.3 Å². The maximum absolute atomic E-state index is 13.0. The van der Waals surface area contributed by atoms with Gasteiger partial charge in [0.05, 0.1) is 18.4 Å². The van der Waals surface area contributed by atoms with Crippen LogP contribution in [0.5, 0.6) is 0 Å². The predicted molar refractivity (Wildman–Crippen MR) is 89.9 cm³/mol. The zero-order valence-corrected chi connectivity index (χ0v) is 14.7. The van der Waals surface area contributed by atoms with Crippen LogP contribution in [-0.4, -0.2) is 35.4 Å². The number of aromatic nitrogens is 1. The van der Waals surface area contributed by atoms with Crippen LogP contribution in [0.4, 0.5) is 13.2 Å². The number of aryl methyl sites for hydroxylation is 1. The summed E-state index contributed by atoms with van der Waals surface area (Å²) in [5, 5.41) is 0. The summed E-state index contributed by atoms with van der Waals surface area (Å²) < 4.78 is 43.3. The Labute approximate surface area is 153 Å². The van der Waals surface area contributed by atoms with Crippen LogP contribution in [0.2, 0.25) is 0 Å². The minimum absolute atomic E-state index is 0.0243. The number of hydrogen-bond acceptors (Lipinski definition) is 4. The monoisotopic (exact) mass is 378 g/mol. The van der Waals surface area contributed by atoms with Crippen molar-refractivity contribution in [2.45, 2.75) is 25.6 Å². The lowest BCUT2D eigenvalue weighted by molar-refractivity contribution is -0.146. The van der Waals surface area contributed by atoms with Crippen molar-refractivity contribution >= 4 is 11.9 Å². The Balaban J connectivity index is 2.00. The molecule has 142 valence electrons. The van der Waals surface area contributed by atoms with E-state index in [0.717, 1.165) is 17.7 Å². The van der Waals surface area contributed by atoms with Crippen LogP contribution in [0.25, 0.3) is 0 Å². The standard InChI is InChI=1S/C19H17F3N2O3/c1-11-13(7-8-15(23-11)19(20,21)22)17(25)24-10-9-12-5-3-4-6-14(12)16(24)18(26)27-2/h3-8,16H,9-10H2,1-2H3/t16-/m0/s1. The fraction of sp³-hybridized carbons (Fsp3) is 0.316. The second-order valence-corrected chi connectivity index (χ2v) is 6.20. The topological polar surface area (TPSA) is 59.5 Å². The fourth-order valence-corrected chi connectivity index (χ4v) is 3.25. The summed E-state index contributed by atoms with van der Waals surface area (Å²) in [6, 6.07) is 8.14. The molecular formula is C19H17F3N2O3. The number of halogens is 3. The zero-order valence-electron chi connectivity index (χ0n) is 14.7. The zero-order chi connectivity index (χ0) is 19.8. The maximum Gasteiger partial charge on any atom is 0.433 e. The minimum atomic E-state index is -4.59. The lowest BCUT2D eigenvalue weighted by Crippen LogP contribution is -2.44. The van der Waals surface area contributed by atoms with E-state index in [0.29, 0.717) is 12.0 Å². The van der Waals surface area contributed by atoms with Crippen molar-refractivity contribution in [3.63, 3.8) is 0 Å². The summed E-state index contributed by atoms with van der Waals surface area (Å²) in [7, 11) is 1.23. The summed E-state index contributed by atoms with van der Waals surface area (Å²) in [5.41, 5.74) is 0.499.